The van der Waals surface area contributed by atoms with Crippen molar-refractivity contribution in [2.75, 3.05) is 5.32 Å². The van der Waals surface area contributed by atoms with Gasteiger partial charge in [-0.15, -0.1) is 0 Å². The van der Waals surface area contributed by atoms with Crippen LogP contribution in [0.25, 0.3) is 16.9 Å². The molecular weight excluding hydrogens is 326 g/mol. The van der Waals surface area contributed by atoms with E-state index in [1.54, 1.807) is 19.2 Å². The molecule has 1 N–H and O–H groups in total. The second kappa shape index (κ2) is 6.40. The van der Waals surface area contributed by atoms with Gasteiger partial charge >= 0.3 is 0 Å². The molecule has 4 aromatic rings. The van der Waals surface area contributed by atoms with E-state index in [4.69, 9.17) is 4.98 Å². The Morgan fingerprint density at radius 1 is 1.00 bits per heavy atom. The number of carbonyl (C=O) groups is 1. The zero-order chi connectivity index (χ0) is 18.1. The summed E-state index contributed by atoms with van der Waals surface area (Å²) >= 11 is 0. The minimum atomic E-state index is -0.295. The number of rotatable bonds is 3. The Morgan fingerprint density at radius 3 is 2.58 bits per heavy atom. The van der Waals surface area contributed by atoms with Gasteiger partial charge in [0.1, 0.15) is 28.7 Å². The second-order valence-corrected chi connectivity index (χ2v) is 6.00. The molecule has 6 nitrogen and oxygen atoms in total. The third-order valence-corrected chi connectivity index (χ3v) is 4.13. The average Bonchev–Trinajstić information content (AvgIpc) is 3.02. The lowest BCUT2D eigenvalue weighted by Gasteiger charge is -2.08. The van der Waals surface area contributed by atoms with Crippen LogP contribution in [-0.4, -0.2) is 25.3 Å². The molecule has 0 bridgehead atoms. The summed E-state index contributed by atoms with van der Waals surface area (Å²) in [5.41, 5.74) is 3.81. The van der Waals surface area contributed by atoms with Crippen LogP contribution in [0.3, 0.4) is 0 Å². The van der Waals surface area contributed by atoms with E-state index in [0.717, 1.165) is 22.5 Å². The maximum Gasteiger partial charge on any atom is 0.275 e. The largest absolute Gasteiger partial charge is 0.304 e. The quantitative estimate of drug-likeness (QED) is 0.616. The fraction of sp³-hybridized carbons (Fsp3) is 0.100. The van der Waals surface area contributed by atoms with E-state index in [9.17, 15) is 4.79 Å². The molecule has 0 saturated heterocycles. The van der Waals surface area contributed by atoms with E-state index in [0.29, 0.717) is 17.3 Å². The van der Waals surface area contributed by atoms with Crippen molar-refractivity contribution in [1.82, 2.24) is 19.4 Å². The van der Waals surface area contributed by atoms with Crippen molar-refractivity contribution in [2.24, 2.45) is 0 Å². The maximum absolute atomic E-state index is 12.7. The number of nitrogens with one attached hydrogen (secondary N) is 1. The first-order valence-electron chi connectivity index (χ1n) is 8.27. The third kappa shape index (κ3) is 2.82. The van der Waals surface area contributed by atoms with Gasteiger partial charge in [0.2, 0.25) is 0 Å². The van der Waals surface area contributed by atoms with Gasteiger partial charge in [0.15, 0.2) is 0 Å². The van der Waals surface area contributed by atoms with Gasteiger partial charge < -0.3 is 5.32 Å². The molecule has 0 saturated carbocycles. The first-order chi connectivity index (χ1) is 12.6. The van der Waals surface area contributed by atoms with Crippen LogP contribution < -0.4 is 5.32 Å². The van der Waals surface area contributed by atoms with E-state index in [2.05, 4.69) is 15.3 Å². The molecule has 128 valence electrons. The highest BCUT2D eigenvalue weighted by Gasteiger charge is 2.18. The van der Waals surface area contributed by atoms with Crippen molar-refractivity contribution in [1.29, 1.82) is 0 Å². The summed E-state index contributed by atoms with van der Waals surface area (Å²) in [6, 6.07) is 15.3. The summed E-state index contributed by atoms with van der Waals surface area (Å²) in [5, 5.41) is 2.97. The Balaban J connectivity index is 1.85. The van der Waals surface area contributed by atoms with Crippen LogP contribution in [0.1, 0.15) is 21.9 Å². The molecule has 3 aromatic heterocycles. The zero-order valence-electron chi connectivity index (χ0n) is 14.5. The average molecular weight is 343 g/mol. The van der Waals surface area contributed by atoms with E-state index in [1.807, 2.05) is 60.0 Å². The summed E-state index contributed by atoms with van der Waals surface area (Å²) in [7, 11) is 0. The molecule has 0 radical (unpaired) electrons. The lowest BCUT2D eigenvalue weighted by molar-refractivity contribution is 0.102. The van der Waals surface area contributed by atoms with Crippen molar-refractivity contribution in [3.05, 3.63) is 78.0 Å². The van der Waals surface area contributed by atoms with Crippen molar-refractivity contribution in [2.45, 2.75) is 13.8 Å². The van der Waals surface area contributed by atoms with Crippen molar-refractivity contribution < 1.29 is 4.79 Å². The molecule has 1 amide bonds. The number of benzene rings is 1. The van der Waals surface area contributed by atoms with Crippen LogP contribution in [-0.2, 0) is 0 Å². The third-order valence-electron chi connectivity index (χ3n) is 4.13. The number of pyridine rings is 1. The predicted molar refractivity (Wildman–Crippen MR) is 100 cm³/mol. The van der Waals surface area contributed by atoms with Gasteiger partial charge in [-0.2, -0.15) is 0 Å². The van der Waals surface area contributed by atoms with Gasteiger partial charge in [-0.1, -0.05) is 36.4 Å². The predicted octanol–water partition coefficient (Wildman–Crippen LogP) is 3.66. The Bertz CT molecular complexity index is 1100. The number of aromatic nitrogens is 4. The van der Waals surface area contributed by atoms with Crippen LogP contribution in [0.15, 0.2) is 60.9 Å². The number of anilines is 1. The SMILES string of the molecule is Cc1nccc(C(=O)Nc2c(-c3ccccc3)nc3c(C)cccn23)n1. The van der Waals surface area contributed by atoms with E-state index >= 15 is 0 Å². The van der Waals surface area contributed by atoms with E-state index in [-0.39, 0.29) is 5.91 Å². The monoisotopic (exact) mass is 343 g/mol. The van der Waals surface area contributed by atoms with Crippen LogP contribution >= 0.6 is 0 Å². The molecule has 6 heteroatoms. The molecule has 0 fully saturated rings. The smallest absolute Gasteiger partial charge is 0.275 e. The van der Waals surface area contributed by atoms with Crippen LogP contribution in [0.4, 0.5) is 5.82 Å². The van der Waals surface area contributed by atoms with Gasteiger partial charge in [-0.25, -0.2) is 15.0 Å². The molecular formula is C20H17N5O. The molecule has 0 unspecified atom stereocenters. The molecule has 4 rings (SSSR count). The first kappa shape index (κ1) is 16.0. The molecule has 0 aliphatic rings. The summed E-state index contributed by atoms with van der Waals surface area (Å²) in [6.45, 7) is 3.75. The maximum atomic E-state index is 12.7. The standard InChI is InChI=1S/C20H17N5O/c1-13-7-6-12-25-18(13)23-17(15-8-4-3-5-9-15)19(25)24-20(26)16-10-11-21-14(2)22-16/h3-12H,1-2H3,(H,24,26). The lowest BCUT2D eigenvalue weighted by atomic mass is 10.1. The lowest BCUT2D eigenvalue weighted by Crippen LogP contribution is -2.16. The number of hydrogen-bond donors (Lipinski definition) is 1. The van der Waals surface area contributed by atoms with Gasteiger partial charge in [-0.05, 0) is 31.5 Å². The molecule has 3 heterocycles. The summed E-state index contributed by atoms with van der Waals surface area (Å²) < 4.78 is 1.89. The van der Waals surface area contributed by atoms with Gasteiger partial charge in [0, 0.05) is 18.0 Å². The molecule has 1 aromatic carbocycles. The fourth-order valence-corrected chi connectivity index (χ4v) is 2.87. The van der Waals surface area contributed by atoms with Gasteiger partial charge in [0.05, 0.1) is 0 Å². The minimum absolute atomic E-state index is 0.295. The van der Waals surface area contributed by atoms with Crippen LogP contribution in [0.5, 0.6) is 0 Å². The van der Waals surface area contributed by atoms with Crippen molar-refractivity contribution in [3.63, 3.8) is 0 Å². The number of nitrogens with zero attached hydrogens (tertiary/aromatic N) is 4. The Hall–Kier alpha value is -3.54. The Labute approximate surface area is 150 Å². The van der Waals surface area contributed by atoms with Gasteiger partial charge in [-0.3, -0.25) is 9.20 Å². The first-order valence-corrected chi connectivity index (χ1v) is 8.27. The molecule has 0 atom stereocenters. The topological polar surface area (TPSA) is 72.2 Å². The summed E-state index contributed by atoms with van der Waals surface area (Å²) in [6.07, 6.45) is 3.47. The Morgan fingerprint density at radius 2 is 1.81 bits per heavy atom. The second-order valence-electron chi connectivity index (χ2n) is 6.00. The number of amides is 1. The summed E-state index contributed by atoms with van der Waals surface area (Å²) in [5.74, 6) is 0.877. The van der Waals surface area contributed by atoms with Crippen molar-refractivity contribution in [3.8, 4) is 11.3 Å². The zero-order valence-corrected chi connectivity index (χ0v) is 14.5. The number of imidazole rings is 1. The van der Waals surface area contributed by atoms with Crippen LogP contribution in [0.2, 0.25) is 0 Å². The van der Waals surface area contributed by atoms with Crippen molar-refractivity contribution >= 4 is 17.4 Å². The number of carbonyl (C=O) groups excluding carboxylic acids is 1. The molecule has 0 aliphatic carbocycles. The molecule has 26 heavy (non-hydrogen) atoms. The van der Waals surface area contributed by atoms with E-state index in [1.165, 1.54) is 0 Å². The van der Waals surface area contributed by atoms with E-state index < -0.39 is 0 Å². The fourth-order valence-electron chi connectivity index (χ4n) is 2.87. The number of fused-ring (bicyclic) bond motifs is 1. The molecule has 0 aliphatic heterocycles. The highest BCUT2D eigenvalue weighted by molar-refractivity contribution is 6.04. The van der Waals surface area contributed by atoms with Gasteiger partial charge in [0.25, 0.3) is 5.91 Å². The highest BCUT2D eigenvalue weighted by atomic mass is 16.2. The summed E-state index contributed by atoms with van der Waals surface area (Å²) in [4.78, 5) is 25.7. The normalized spacial score (nSPS) is 10.8. The molecule has 0 spiro atoms. The van der Waals surface area contributed by atoms with Crippen LogP contribution in [0, 0.1) is 13.8 Å². The highest BCUT2D eigenvalue weighted by Crippen LogP contribution is 2.30. The Kier molecular flexibility index (Phi) is 3.93. The number of hydrogen-bond acceptors (Lipinski definition) is 4. The minimum Gasteiger partial charge on any atom is -0.304 e. The number of aryl methyl sites for hydroxylation is 2.